The second-order valence-corrected chi connectivity index (χ2v) is 17.6. The Balaban J connectivity index is 1.15. The van der Waals surface area contributed by atoms with Crippen molar-refractivity contribution in [2.24, 2.45) is 0 Å². The van der Waals surface area contributed by atoms with Crippen molar-refractivity contribution < 1.29 is 0 Å². The first-order valence-electron chi connectivity index (χ1n) is 22.1. The largest absolute Gasteiger partial charge is 0.355 e. The summed E-state index contributed by atoms with van der Waals surface area (Å²) in [5, 5.41) is 24.5. The fourth-order valence-corrected chi connectivity index (χ4v) is 11.5. The Labute approximate surface area is 365 Å². The predicted molar refractivity (Wildman–Crippen MR) is 268 cm³/mol. The smallest absolute Gasteiger partial charge is 0.0565 e. The summed E-state index contributed by atoms with van der Waals surface area (Å²) in [5.41, 5.74) is 8.78. The Kier molecular flexibility index (Phi) is 6.65. The van der Waals surface area contributed by atoms with E-state index in [1.54, 1.807) is 0 Å². The molecule has 0 fully saturated rings. The van der Waals surface area contributed by atoms with E-state index in [-0.39, 0.29) is 0 Å². The molecule has 64 heavy (non-hydrogen) atoms. The number of fused-ring (bicyclic) bond motifs is 12. The first-order valence-corrected chi connectivity index (χ1v) is 22.1. The second-order valence-electron chi connectivity index (χ2n) is 17.6. The van der Waals surface area contributed by atoms with E-state index in [0.717, 1.165) is 55.3 Å². The van der Waals surface area contributed by atoms with Crippen LogP contribution in [0.2, 0.25) is 0 Å². The van der Waals surface area contributed by atoms with Gasteiger partial charge in [0.2, 0.25) is 0 Å². The number of hydrogen-bond acceptors (Lipinski definition) is 0. The summed E-state index contributed by atoms with van der Waals surface area (Å²) in [6.07, 6.45) is 6.60. The quantitative estimate of drug-likeness (QED) is 0.0993. The average molecular weight is 813 g/mol. The van der Waals surface area contributed by atoms with Crippen LogP contribution >= 0.6 is 0 Å². The third-order valence-corrected chi connectivity index (χ3v) is 14.0. The van der Waals surface area contributed by atoms with Gasteiger partial charge < -0.3 is 19.9 Å². The summed E-state index contributed by atoms with van der Waals surface area (Å²) in [5.74, 6) is 0. The molecule has 4 heteroatoms. The van der Waals surface area contributed by atoms with E-state index in [2.05, 4.69) is 214 Å². The highest BCUT2D eigenvalue weighted by Gasteiger charge is 2.25. The fraction of sp³-hybridized carbons (Fsp3) is 0. The first-order chi connectivity index (χ1) is 31.7. The molecule has 8 bridgehead atoms. The number of H-pyrrole nitrogens is 4. The molecule has 0 unspecified atom stereocenters. The lowest BCUT2D eigenvalue weighted by Gasteiger charge is -2.20. The Bertz CT molecular complexity index is 4540. The van der Waals surface area contributed by atoms with Crippen LogP contribution in [0.1, 0.15) is 28.3 Å². The summed E-state index contributed by atoms with van der Waals surface area (Å²) < 4.78 is 0. The molecule has 14 aromatic rings. The third-order valence-electron chi connectivity index (χ3n) is 14.0. The molecule has 1 aliphatic heterocycles. The maximum absolute atomic E-state index is 4.10. The molecular weight excluding hydrogens is 777 g/mol. The number of aromatic nitrogens is 4. The molecule has 0 atom stereocenters. The van der Waals surface area contributed by atoms with E-state index < -0.39 is 0 Å². The monoisotopic (exact) mass is 812 g/mol. The SMILES string of the molecule is C1=c2ccc([nH]2)=Cc2cc(-c3ccc4cccc5c6cccc7cccc(c3c45)c76)c([nH]2)C(c2ccc3cccc4c5cccc6cccc(c2c34)c65)=c2ccc([nH]2)=Cc2ccc1[nH]2. The van der Waals surface area contributed by atoms with Crippen molar-refractivity contribution in [3.8, 4) is 11.1 Å². The van der Waals surface area contributed by atoms with Gasteiger partial charge >= 0.3 is 0 Å². The lowest BCUT2D eigenvalue weighted by atomic mass is 9.83. The lowest BCUT2D eigenvalue weighted by molar-refractivity contribution is 1.22. The molecule has 0 amide bonds. The van der Waals surface area contributed by atoms with Gasteiger partial charge in [0.25, 0.3) is 0 Å². The number of nitrogens with one attached hydrogen (secondary N) is 4. The molecule has 4 nitrogen and oxygen atoms in total. The molecule has 10 aromatic carbocycles. The molecule has 1 aliphatic rings. The van der Waals surface area contributed by atoms with E-state index in [0.29, 0.717) is 0 Å². The van der Waals surface area contributed by atoms with Gasteiger partial charge in [-0.05, 0) is 158 Å². The van der Waals surface area contributed by atoms with Gasteiger partial charge in [0.15, 0.2) is 0 Å². The maximum Gasteiger partial charge on any atom is 0.0565 e. The minimum atomic E-state index is 1.01. The standard InChI is InChI=1S/C60H36N4/c1-7-33-9-5-17-48-53(33)43(13-1)45-15-3-11-35-19-26-47(57(48)55(35)45)51-32-42-31-40-24-23-38(62-40)29-37-21-22-39(61-37)30-41-25-28-52(63-41)59(60(51)64-42)50-27-20-36-12-4-16-46-44-14-2-8-34-10-6-18-49(54(34)44)58(50)56(36)46/h1-32,61-64H. The summed E-state index contributed by atoms with van der Waals surface area (Å²) in [6.45, 7) is 0. The van der Waals surface area contributed by atoms with Gasteiger partial charge in [-0.3, -0.25) is 0 Å². The molecule has 296 valence electrons. The van der Waals surface area contributed by atoms with E-state index >= 15 is 0 Å². The van der Waals surface area contributed by atoms with Gasteiger partial charge in [0.1, 0.15) is 0 Å². The molecule has 4 N–H and O–H groups in total. The first kappa shape index (κ1) is 34.0. The zero-order valence-corrected chi connectivity index (χ0v) is 34.5. The van der Waals surface area contributed by atoms with Crippen LogP contribution in [0.5, 0.6) is 0 Å². The molecule has 0 spiro atoms. The predicted octanol–water partition coefficient (Wildman–Crippen LogP) is 11.8. The van der Waals surface area contributed by atoms with Gasteiger partial charge in [-0.15, -0.1) is 0 Å². The van der Waals surface area contributed by atoms with Crippen LogP contribution in [0.25, 0.3) is 121 Å². The van der Waals surface area contributed by atoms with Crippen molar-refractivity contribution in [1.82, 2.24) is 19.9 Å². The Morgan fingerprint density at radius 2 is 0.719 bits per heavy atom. The molecule has 0 radical (unpaired) electrons. The van der Waals surface area contributed by atoms with Crippen molar-refractivity contribution in [3.63, 3.8) is 0 Å². The minimum absolute atomic E-state index is 1.01. The number of rotatable bonds is 2. The summed E-state index contributed by atoms with van der Waals surface area (Å²) in [4.78, 5) is 15.3. The van der Waals surface area contributed by atoms with Gasteiger partial charge in [-0.25, -0.2) is 0 Å². The molecular formula is C60H36N4. The summed E-state index contributed by atoms with van der Waals surface area (Å²) in [6, 6.07) is 65.5. The van der Waals surface area contributed by atoms with Crippen LogP contribution in [0, 0.1) is 0 Å². The average Bonchev–Trinajstić information content (AvgIpc) is 4.17. The Morgan fingerprint density at radius 1 is 0.266 bits per heavy atom. The normalized spacial score (nSPS) is 13.0. The van der Waals surface area contributed by atoms with Crippen molar-refractivity contribution in [2.45, 2.75) is 0 Å². The van der Waals surface area contributed by atoms with E-state index in [1.165, 1.54) is 97.3 Å². The maximum atomic E-state index is 4.10. The van der Waals surface area contributed by atoms with Crippen molar-refractivity contribution in [1.29, 1.82) is 0 Å². The minimum Gasteiger partial charge on any atom is -0.355 e. The van der Waals surface area contributed by atoms with Crippen molar-refractivity contribution >= 4 is 110 Å². The molecule has 0 saturated heterocycles. The van der Waals surface area contributed by atoms with Crippen LogP contribution in [-0.2, 0) is 0 Å². The topological polar surface area (TPSA) is 63.2 Å². The molecule has 0 saturated carbocycles. The van der Waals surface area contributed by atoms with Crippen LogP contribution in [0.3, 0.4) is 0 Å². The molecule has 4 aromatic heterocycles. The zero-order valence-electron chi connectivity index (χ0n) is 34.5. The molecule has 15 rings (SSSR count). The highest BCUT2D eigenvalue weighted by molar-refractivity contribution is 6.37. The third kappa shape index (κ3) is 4.71. The highest BCUT2D eigenvalue weighted by Crippen LogP contribution is 2.48. The van der Waals surface area contributed by atoms with Gasteiger partial charge in [0.05, 0.1) is 5.69 Å². The summed E-state index contributed by atoms with van der Waals surface area (Å²) in [7, 11) is 0. The molecule has 0 aliphatic carbocycles. The van der Waals surface area contributed by atoms with Crippen molar-refractivity contribution in [3.05, 3.63) is 226 Å². The van der Waals surface area contributed by atoms with E-state index in [1.807, 2.05) is 0 Å². The number of hydrogen-bond donors (Lipinski definition) is 4. The van der Waals surface area contributed by atoms with Crippen LogP contribution in [-0.4, -0.2) is 19.9 Å². The van der Waals surface area contributed by atoms with Crippen molar-refractivity contribution in [2.75, 3.05) is 0 Å². The van der Waals surface area contributed by atoms with E-state index in [9.17, 15) is 0 Å². The van der Waals surface area contributed by atoms with Crippen LogP contribution < -0.4 is 21.4 Å². The number of benzene rings is 10. The van der Waals surface area contributed by atoms with Crippen LogP contribution in [0.4, 0.5) is 0 Å². The van der Waals surface area contributed by atoms with Gasteiger partial charge in [0, 0.05) is 49.6 Å². The molecule has 5 heterocycles. The Morgan fingerprint density at radius 3 is 1.30 bits per heavy atom. The lowest BCUT2D eigenvalue weighted by Crippen LogP contribution is -2.15. The zero-order chi connectivity index (χ0) is 41.6. The number of aromatic amines is 4. The second kappa shape index (κ2) is 12.5. The highest BCUT2D eigenvalue weighted by atomic mass is 14.8. The van der Waals surface area contributed by atoms with Crippen LogP contribution in [0.15, 0.2) is 176 Å². The fourth-order valence-electron chi connectivity index (χ4n) is 11.5. The summed E-state index contributed by atoms with van der Waals surface area (Å²) >= 11 is 0. The van der Waals surface area contributed by atoms with Gasteiger partial charge in [-0.1, -0.05) is 133 Å². The Hall–Kier alpha value is -8.60. The van der Waals surface area contributed by atoms with Gasteiger partial charge in [-0.2, -0.15) is 0 Å². The van der Waals surface area contributed by atoms with E-state index in [4.69, 9.17) is 0 Å².